The summed E-state index contributed by atoms with van der Waals surface area (Å²) < 4.78 is 28.1. The number of aryl methyl sites for hydroxylation is 1. The van der Waals surface area contributed by atoms with Crippen molar-refractivity contribution in [2.24, 2.45) is 0 Å². The summed E-state index contributed by atoms with van der Waals surface area (Å²) in [6.07, 6.45) is 0.404. The molecule has 0 bridgehead atoms. The van der Waals surface area contributed by atoms with E-state index in [1.807, 2.05) is 0 Å². The lowest BCUT2D eigenvalue weighted by atomic mass is 10.5. The molecule has 0 saturated heterocycles. The maximum absolute atomic E-state index is 11.9. The van der Waals surface area contributed by atoms with Gasteiger partial charge in [-0.15, -0.1) is 0 Å². The molecule has 9 heavy (non-hydrogen) atoms. The quantitative estimate of drug-likeness (QED) is 0.580. The van der Waals surface area contributed by atoms with Crippen molar-refractivity contribution >= 4 is 0 Å². The molecule has 2 nitrogen and oxygen atoms in total. The molecule has 0 spiro atoms. The Balaban J connectivity index is 2.98. The minimum atomic E-state index is -1.23. The third kappa shape index (κ3) is 1.06. The van der Waals surface area contributed by atoms with E-state index in [1.165, 1.54) is 0 Å². The molecule has 1 aromatic heterocycles. The molecule has 1 aromatic rings. The van der Waals surface area contributed by atoms with Crippen molar-refractivity contribution in [2.75, 3.05) is 0 Å². The number of nitrogens with zero attached hydrogens (tertiary/aromatic N) is 1. The fraction of sp³-hybridized carbons (Fsp3) is 0.400. The summed E-state index contributed by atoms with van der Waals surface area (Å²) in [6, 6.07) is -1.23. The largest absolute Gasteiger partial charge is 0.413 e. The van der Waals surface area contributed by atoms with Gasteiger partial charge in [-0.1, -0.05) is 6.92 Å². The van der Waals surface area contributed by atoms with Gasteiger partial charge >= 0.3 is 6.01 Å². The highest BCUT2D eigenvalue weighted by atomic mass is 19.2. The predicted molar refractivity (Wildman–Crippen MR) is 25.8 cm³/mol. The van der Waals surface area contributed by atoms with Crippen LogP contribution in [0, 0.1) is 12.0 Å². The minimum absolute atomic E-state index is 0.0880. The third-order valence-electron chi connectivity index (χ3n) is 0.895. The molecule has 1 rings (SSSR count). The average molecular weight is 133 g/mol. The van der Waals surface area contributed by atoms with Gasteiger partial charge in [-0.25, -0.2) is 0 Å². The van der Waals surface area contributed by atoms with E-state index < -0.39 is 12.0 Å². The Morgan fingerprint density at radius 1 is 1.56 bits per heavy atom. The summed E-state index contributed by atoms with van der Waals surface area (Å²) in [5, 5.41) is 0. The molecule has 0 saturated carbocycles. The molecule has 0 aliphatic heterocycles. The van der Waals surface area contributed by atoms with Crippen LogP contribution in [-0.4, -0.2) is 4.98 Å². The lowest BCUT2D eigenvalue weighted by molar-refractivity contribution is 0.312. The first kappa shape index (κ1) is 6.19. The number of oxazole rings is 1. The van der Waals surface area contributed by atoms with Crippen LogP contribution in [0.2, 0.25) is 0 Å². The van der Waals surface area contributed by atoms with Crippen molar-refractivity contribution in [1.82, 2.24) is 4.98 Å². The van der Waals surface area contributed by atoms with E-state index >= 15 is 0 Å². The maximum atomic E-state index is 11.9. The maximum Gasteiger partial charge on any atom is 0.335 e. The highest BCUT2D eigenvalue weighted by molar-refractivity contribution is 4.83. The first-order chi connectivity index (χ1) is 4.24. The van der Waals surface area contributed by atoms with Gasteiger partial charge in [0.1, 0.15) is 0 Å². The van der Waals surface area contributed by atoms with Crippen molar-refractivity contribution in [3.8, 4) is 0 Å². The van der Waals surface area contributed by atoms with Gasteiger partial charge in [0.2, 0.25) is 0 Å². The van der Waals surface area contributed by atoms with Gasteiger partial charge < -0.3 is 4.42 Å². The molecule has 0 radical (unpaired) electrons. The lowest BCUT2D eigenvalue weighted by Crippen LogP contribution is -1.78. The van der Waals surface area contributed by atoms with Crippen LogP contribution in [0.25, 0.3) is 0 Å². The van der Waals surface area contributed by atoms with Crippen molar-refractivity contribution in [2.45, 2.75) is 13.3 Å². The molecule has 4 heteroatoms. The zero-order valence-corrected chi connectivity index (χ0v) is 4.82. The molecule has 0 amide bonds. The monoisotopic (exact) mass is 133 g/mol. The summed E-state index contributed by atoms with van der Waals surface area (Å²) in [4.78, 5) is 3.12. The second kappa shape index (κ2) is 2.13. The Bertz CT molecular complexity index is 189. The molecule has 50 valence electrons. The lowest BCUT2D eigenvalue weighted by Gasteiger charge is -1.77. The Hall–Kier alpha value is -0.930. The molecule has 0 aromatic carbocycles. The Morgan fingerprint density at radius 3 is 2.44 bits per heavy atom. The number of rotatable bonds is 1. The van der Waals surface area contributed by atoms with E-state index in [-0.39, 0.29) is 5.89 Å². The van der Waals surface area contributed by atoms with Gasteiger partial charge in [-0.2, -0.15) is 13.8 Å². The van der Waals surface area contributed by atoms with Gasteiger partial charge in [-0.3, -0.25) is 0 Å². The van der Waals surface area contributed by atoms with Crippen LogP contribution in [-0.2, 0) is 6.42 Å². The number of aromatic nitrogens is 1. The van der Waals surface area contributed by atoms with Crippen LogP contribution < -0.4 is 0 Å². The highest BCUT2D eigenvalue weighted by Gasteiger charge is 2.09. The van der Waals surface area contributed by atoms with Crippen molar-refractivity contribution in [3.05, 3.63) is 17.9 Å². The van der Waals surface area contributed by atoms with E-state index in [1.54, 1.807) is 6.92 Å². The summed E-state index contributed by atoms with van der Waals surface area (Å²) in [5.41, 5.74) is 0. The fourth-order valence-corrected chi connectivity index (χ4v) is 0.473. The van der Waals surface area contributed by atoms with Gasteiger partial charge in [0.05, 0.1) is 0 Å². The van der Waals surface area contributed by atoms with E-state index in [9.17, 15) is 8.78 Å². The summed E-state index contributed by atoms with van der Waals surface area (Å²) in [5.74, 6) is -1.07. The zero-order valence-electron chi connectivity index (χ0n) is 4.82. The third-order valence-corrected chi connectivity index (χ3v) is 0.895. The van der Waals surface area contributed by atoms with Gasteiger partial charge in [0.15, 0.2) is 5.89 Å². The Morgan fingerprint density at radius 2 is 2.22 bits per heavy atom. The molecular formula is C5H5F2NO. The normalized spacial score (nSPS) is 10.1. The Labute approximate surface area is 50.5 Å². The molecule has 0 N–H and O–H groups in total. The molecule has 1 heterocycles. The first-order valence-electron chi connectivity index (χ1n) is 2.54. The molecular weight excluding hydrogens is 128 g/mol. The van der Waals surface area contributed by atoms with E-state index in [2.05, 4.69) is 9.40 Å². The molecule has 0 atom stereocenters. The molecule has 0 fully saturated rings. The molecule has 0 aliphatic carbocycles. The average Bonchev–Trinajstić information content (AvgIpc) is 2.13. The zero-order chi connectivity index (χ0) is 6.85. The van der Waals surface area contributed by atoms with Crippen LogP contribution in [0.4, 0.5) is 8.78 Å². The Kier molecular flexibility index (Phi) is 1.46. The smallest absolute Gasteiger partial charge is 0.335 e. The molecule has 0 aliphatic rings. The topological polar surface area (TPSA) is 26.0 Å². The van der Waals surface area contributed by atoms with Gasteiger partial charge in [0.25, 0.3) is 5.95 Å². The second-order valence-corrected chi connectivity index (χ2v) is 1.53. The van der Waals surface area contributed by atoms with Crippen LogP contribution in [0.5, 0.6) is 0 Å². The number of hydrogen-bond acceptors (Lipinski definition) is 2. The minimum Gasteiger partial charge on any atom is -0.413 e. The first-order valence-corrected chi connectivity index (χ1v) is 2.54. The number of halogens is 2. The van der Waals surface area contributed by atoms with E-state index in [0.29, 0.717) is 6.42 Å². The molecule has 0 unspecified atom stereocenters. The van der Waals surface area contributed by atoms with Crippen LogP contribution in [0.15, 0.2) is 4.42 Å². The van der Waals surface area contributed by atoms with Crippen LogP contribution in [0.3, 0.4) is 0 Å². The standard InChI is InChI=1S/C5H5F2NO/c1-2-3-8-4(6)5(7)9-3/h2H2,1H3. The van der Waals surface area contributed by atoms with Crippen molar-refractivity contribution < 1.29 is 13.2 Å². The summed E-state index contributed by atoms with van der Waals surface area (Å²) in [7, 11) is 0. The van der Waals surface area contributed by atoms with E-state index in [4.69, 9.17) is 0 Å². The van der Waals surface area contributed by atoms with Gasteiger partial charge in [0, 0.05) is 6.42 Å². The van der Waals surface area contributed by atoms with E-state index in [0.717, 1.165) is 0 Å². The van der Waals surface area contributed by atoms with Crippen molar-refractivity contribution in [3.63, 3.8) is 0 Å². The van der Waals surface area contributed by atoms with Crippen LogP contribution >= 0.6 is 0 Å². The summed E-state index contributed by atoms with van der Waals surface area (Å²) >= 11 is 0. The predicted octanol–water partition coefficient (Wildman–Crippen LogP) is 1.52. The second-order valence-electron chi connectivity index (χ2n) is 1.53. The fourth-order valence-electron chi connectivity index (χ4n) is 0.473. The summed E-state index contributed by atoms with van der Waals surface area (Å²) in [6.45, 7) is 1.70. The van der Waals surface area contributed by atoms with Crippen LogP contribution in [0.1, 0.15) is 12.8 Å². The number of hydrogen-bond donors (Lipinski definition) is 0. The SMILES string of the molecule is CCc1nc(F)c(F)o1. The van der Waals surface area contributed by atoms with Crippen molar-refractivity contribution in [1.29, 1.82) is 0 Å². The van der Waals surface area contributed by atoms with Gasteiger partial charge in [-0.05, 0) is 0 Å². The highest BCUT2D eigenvalue weighted by Crippen LogP contribution is 2.06.